The maximum absolute atomic E-state index is 12.3. The lowest BCUT2D eigenvalue weighted by Crippen LogP contribution is -2.12. The van der Waals surface area contributed by atoms with E-state index >= 15 is 0 Å². The van der Waals surface area contributed by atoms with Crippen LogP contribution in [-0.4, -0.2) is 35.5 Å². The second-order valence-corrected chi connectivity index (χ2v) is 7.16. The first kappa shape index (κ1) is 15.2. The average Bonchev–Trinajstić information content (AvgIpc) is 3.04. The fraction of sp³-hybridized carbons (Fsp3) is 0.133. The molecule has 2 N–H and O–H groups in total. The highest BCUT2D eigenvalue weighted by Gasteiger charge is 2.14. The van der Waals surface area contributed by atoms with E-state index in [9.17, 15) is 13.2 Å². The number of aromatic amines is 1. The van der Waals surface area contributed by atoms with Crippen molar-refractivity contribution in [2.45, 2.75) is 11.8 Å². The summed E-state index contributed by atoms with van der Waals surface area (Å²) in [5, 5.41) is 13.2. The molecule has 2 aromatic carbocycles. The molecule has 3 aromatic rings. The summed E-state index contributed by atoms with van der Waals surface area (Å²) in [7, 11) is -3.27. The molecule has 0 aliphatic heterocycles. The number of hydrogen-bond acceptors (Lipinski definition) is 5. The van der Waals surface area contributed by atoms with Gasteiger partial charge in [0.05, 0.1) is 16.3 Å². The van der Waals surface area contributed by atoms with Crippen LogP contribution in [-0.2, 0) is 9.84 Å². The van der Waals surface area contributed by atoms with Gasteiger partial charge in [-0.2, -0.15) is 15.4 Å². The number of aromatic nitrogens is 3. The molecule has 0 fully saturated rings. The van der Waals surface area contributed by atoms with E-state index in [4.69, 9.17) is 0 Å². The zero-order valence-electron chi connectivity index (χ0n) is 12.3. The zero-order valence-corrected chi connectivity index (χ0v) is 13.1. The molecule has 0 radical (unpaired) electrons. The monoisotopic (exact) mass is 330 g/mol. The van der Waals surface area contributed by atoms with Crippen LogP contribution in [0.1, 0.15) is 17.3 Å². The Morgan fingerprint density at radius 3 is 2.57 bits per heavy atom. The van der Waals surface area contributed by atoms with Crippen molar-refractivity contribution < 1.29 is 13.2 Å². The molecule has 0 saturated heterocycles. The smallest absolute Gasteiger partial charge is 0.255 e. The molecule has 1 aromatic heterocycles. The SMILES string of the molecule is CCS(=O)(=O)c1ccc(C(=O)Nc2cccc3n[nH]nc23)cc1. The van der Waals surface area contributed by atoms with E-state index in [0.717, 1.165) is 0 Å². The lowest BCUT2D eigenvalue weighted by atomic mass is 10.2. The lowest BCUT2D eigenvalue weighted by Gasteiger charge is -2.06. The highest BCUT2D eigenvalue weighted by atomic mass is 32.2. The number of sulfone groups is 1. The second-order valence-electron chi connectivity index (χ2n) is 4.88. The van der Waals surface area contributed by atoms with Gasteiger partial charge in [0, 0.05) is 5.56 Å². The quantitative estimate of drug-likeness (QED) is 0.761. The van der Waals surface area contributed by atoms with Gasteiger partial charge in [-0.3, -0.25) is 4.79 Å². The number of nitrogens with one attached hydrogen (secondary N) is 2. The van der Waals surface area contributed by atoms with Gasteiger partial charge in [-0.25, -0.2) is 8.42 Å². The Labute approximate surface area is 132 Å². The van der Waals surface area contributed by atoms with E-state index in [0.29, 0.717) is 22.3 Å². The van der Waals surface area contributed by atoms with Gasteiger partial charge in [-0.15, -0.1) is 0 Å². The first-order chi connectivity index (χ1) is 11.0. The van der Waals surface area contributed by atoms with Crippen molar-refractivity contribution in [1.82, 2.24) is 15.4 Å². The minimum atomic E-state index is -3.27. The molecule has 7 nitrogen and oxygen atoms in total. The number of amides is 1. The number of hydrogen-bond donors (Lipinski definition) is 2. The molecule has 0 spiro atoms. The first-order valence-corrected chi connectivity index (χ1v) is 8.60. The van der Waals surface area contributed by atoms with E-state index in [2.05, 4.69) is 20.7 Å². The molecule has 0 saturated carbocycles. The number of carbonyl (C=O) groups excluding carboxylic acids is 1. The molecule has 23 heavy (non-hydrogen) atoms. The van der Waals surface area contributed by atoms with Crippen molar-refractivity contribution >= 4 is 32.5 Å². The van der Waals surface area contributed by atoms with E-state index in [1.807, 2.05) is 0 Å². The fourth-order valence-corrected chi connectivity index (χ4v) is 3.03. The molecular weight excluding hydrogens is 316 g/mol. The van der Waals surface area contributed by atoms with Crippen LogP contribution >= 0.6 is 0 Å². The summed E-state index contributed by atoms with van der Waals surface area (Å²) in [6.45, 7) is 1.58. The minimum absolute atomic E-state index is 0.0205. The summed E-state index contributed by atoms with van der Waals surface area (Å²) in [5.41, 5.74) is 2.10. The third-order valence-electron chi connectivity index (χ3n) is 3.45. The van der Waals surface area contributed by atoms with Gasteiger partial charge in [0.2, 0.25) is 0 Å². The van der Waals surface area contributed by atoms with E-state index < -0.39 is 9.84 Å². The normalized spacial score (nSPS) is 11.5. The Bertz CT molecular complexity index is 962. The van der Waals surface area contributed by atoms with Gasteiger partial charge in [0.1, 0.15) is 11.0 Å². The lowest BCUT2D eigenvalue weighted by molar-refractivity contribution is 0.102. The predicted octanol–water partition coefficient (Wildman–Crippen LogP) is 2.00. The minimum Gasteiger partial charge on any atom is -0.320 e. The van der Waals surface area contributed by atoms with Gasteiger partial charge in [0.25, 0.3) is 5.91 Å². The van der Waals surface area contributed by atoms with Gasteiger partial charge >= 0.3 is 0 Å². The van der Waals surface area contributed by atoms with Crippen LogP contribution in [0.25, 0.3) is 11.0 Å². The molecule has 3 rings (SSSR count). The second kappa shape index (κ2) is 5.81. The number of anilines is 1. The Balaban J connectivity index is 1.85. The molecule has 0 aliphatic carbocycles. The third-order valence-corrected chi connectivity index (χ3v) is 5.20. The molecule has 118 valence electrons. The highest BCUT2D eigenvalue weighted by molar-refractivity contribution is 7.91. The van der Waals surface area contributed by atoms with Gasteiger partial charge in [0.15, 0.2) is 9.84 Å². The van der Waals surface area contributed by atoms with Crippen molar-refractivity contribution in [1.29, 1.82) is 0 Å². The van der Waals surface area contributed by atoms with Crippen LogP contribution in [0.4, 0.5) is 5.69 Å². The van der Waals surface area contributed by atoms with Crippen LogP contribution in [0.2, 0.25) is 0 Å². The Kier molecular flexibility index (Phi) is 3.83. The third kappa shape index (κ3) is 2.93. The molecule has 0 atom stereocenters. The summed E-state index contributed by atoms with van der Waals surface area (Å²) in [6.07, 6.45) is 0. The number of para-hydroxylation sites is 1. The van der Waals surface area contributed by atoms with E-state index in [1.54, 1.807) is 25.1 Å². The van der Waals surface area contributed by atoms with Crippen LogP contribution in [0, 0.1) is 0 Å². The van der Waals surface area contributed by atoms with Crippen LogP contribution in [0.5, 0.6) is 0 Å². The topological polar surface area (TPSA) is 105 Å². The van der Waals surface area contributed by atoms with Gasteiger partial charge in [-0.1, -0.05) is 13.0 Å². The van der Waals surface area contributed by atoms with Crippen molar-refractivity contribution in [3.8, 4) is 0 Å². The number of fused-ring (bicyclic) bond motifs is 1. The number of carbonyl (C=O) groups is 1. The van der Waals surface area contributed by atoms with Crippen molar-refractivity contribution in [2.75, 3.05) is 11.1 Å². The maximum Gasteiger partial charge on any atom is 0.255 e. The van der Waals surface area contributed by atoms with Crippen LogP contribution < -0.4 is 5.32 Å². The molecule has 1 heterocycles. The zero-order chi connectivity index (χ0) is 16.4. The molecular formula is C15H14N4O3S. The number of H-pyrrole nitrogens is 1. The number of nitrogens with zero attached hydrogens (tertiary/aromatic N) is 2. The van der Waals surface area contributed by atoms with E-state index in [1.165, 1.54) is 24.3 Å². The summed E-state index contributed by atoms with van der Waals surface area (Å²) in [4.78, 5) is 12.5. The van der Waals surface area contributed by atoms with E-state index in [-0.39, 0.29) is 16.6 Å². The summed E-state index contributed by atoms with van der Waals surface area (Å²) in [5.74, 6) is -0.326. The molecule has 8 heteroatoms. The first-order valence-electron chi connectivity index (χ1n) is 6.95. The van der Waals surface area contributed by atoms with Gasteiger partial charge in [-0.05, 0) is 36.4 Å². The average molecular weight is 330 g/mol. The number of benzene rings is 2. The Morgan fingerprint density at radius 2 is 1.87 bits per heavy atom. The Morgan fingerprint density at radius 1 is 1.13 bits per heavy atom. The molecule has 0 aliphatic rings. The standard InChI is InChI=1S/C15H14N4O3S/c1-2-23(21,22)11-8-6-10(7-9-11)15(20)16-12-4-3-5-13-14(12)18-19-17-13/h3-9H,2H2,1H3,(H,16,20)(H,17,18,19). The van der Waals surface area contributed by atoms with Crippen LogP contribution in [0.3, 0.4) is 0 Å². The molecule has 1 amide bonds. The summed E-state index contributed by atoms with van der Waals surface area (Å²) >= 11 is 0. The Hall–Kier alpha value is -2.74. The fourth-order valence-electron chi connectivity index (χ4n) is 2.14. The van der Waals surface area contributed by atoms with Crippen molar-refractivity contribution in [2.24, 2.45) is 0 Å². The highest BCUT2D eigenvalue weighted by Crippen LogP contribution is 2.20. The summed E-state index contributed by atoms with van der Waals surface area (Å²) < 4.78 is 23.5. The summed E-state index contributed by atoms with van der Waals surface area (Å²) in [6, 6.07) is 11.1. The molecule has 0 bridgehead atoms. The maximum atomic E-state index is 12.3. The number of rotatable bonds is 4. The largest absolute Gasteiger partial charge is 0.320 e. The predicted molar refractivity (Wildman–Crippen MR) is 86.0 cm³/mol. The van der Waals surface area contributed by atoms with Crippen LogP contribution in [0.15, 0.2) is 47.4 Å². The van der Waals surface area contributed by atoms with Crippen molar-refractivity contribution in [3.63, 3.8) is 0 Å². The van der Waals surface area contributed by atoms with Gasteiger partial charge < -0.3 is 5.32 Å². The molecule has 0 unspecified atom stereocenters. The van der Waals surface area contributed by atoms with Crippen molar-refractivity contribution in [3.05, 3.63) is 48.0 Å².